The molecule has 2 atom stereocenters. The molecule has 1 aliphatic rings. The van der Waals surface area contributed by atoms with Crippen molar-refractivity contribution in [2.24, 2.45) is 0 Å². The molecule has 0 aromatic heterocycles. The molecule has 3 rings (SSSR count). The minimum absolute atomic E-state index is 0.117. The van der Waals surface area contributed by atoms with Crippen LogP contribution in [0.5, 0.6) is 5.75 Å². The Morgan fingerprint density at radius 3 is 2.33 bits per heavy atom. The van der Waals surface area contributed by atoms with Crippen LogP contribution in [0.3, 0.4) is 0 Å². The van der Waals surface area contributed by atoms with Crippen LogP contribution in [0.15, 0.2) is 48.5 Å². The number of aliphatic hydroxyl groups is 2. The van der Waals surface area contributed by atoms with E-state index in [-0.39, 0.29) is 18.8 Å². The lowest BCUT2D eigenvalue weighted by Crippen LogP contribution is -2.46. The van der Waals surface area contributed by atoms with Gasteiger partial charge in [0.1, 0.15) is 5.75 Å². The highest BCUT2D eigenvalue weighted by Gasteiger charge is 2.26. The fraction of sp³-hybridized carbons (Fsp3) is 0.520. The van der Waals surface area contributed by atoms with Crippen molar-refractivity contribution < 1.29 is 19.7 Å². The van der Waals surface area contributed by atoms with E-state index in [1.807, 2.05) is 12.1 Å². The van der Waals surface area contributed by atoms with Crippen LogP contribution in [0, 0.1) is 0 Å². The number of ether oxygens (including phenoxy) is 2. The summed E-state index contributed by atoms with van der Waals surface area (Å²) in [5.74, 6) is 0.867. The minimum Gasteiger partial charge on any atom is -0.497 e. The molecule has 164 valence electrons. The maximum atomic E-state index is 9.72. The zero-order chi connectivity index (χ0) is 21.2. The van der Waals surface area contributed by atoms with E-state index in [4.69, 9.17) is 9.47 Å². The number of unbranched alkanes of at least 4 members (excludes halogenated alkanes) is 2. The number of aliphatic hydroxyl groups excluding tert-OH is 2. The van der Waals surface area contributed by atoms with E-state index < -0.39 is 0 Å². The third-order valence-corrected chi connectivity index (χ3v) is 5.90. The standard InChI is InChI=1S/C25H35NO4/c1-29-25-11-9-22(10-12-25)21-7-5-20(6-8-21)19-30-16-4-2-3-14-26-15-13-24(28)17-23(26)18-27/h5-12,23-24,27-28H,2-4,13-19H2,1H3. The number of piperidine rings is 1. The summed E-state index contributed by atoms with van der Waals surface area (Å²) < 4.78 is 11.1. The Morgan fingerprint density at radius 1 is 0.967 bits per heavy atom. The molecule has 1 heterocycles. The lowest BCUT2D eigenvalue weighted by Gasteiger charge is -2.36. The van der Waals surface area contributed by atoms with Crippen LogP contribution in [0.1, 0.15) is 37.7 Å². The third-order valence-electron chi connectivity index (χ3n) is 5.90. The van der Waals surface area contributed by atoms with E-state index in [1.54, 1.807) is 7.11 Å². The zero-order valence-electron chi connectivity index (χ0n) is 18.0. The van der Waals surface area contributed by atoms with E-state index >= 15 is 0 Å². The van der Waals surface area contributed by atoms with Crippen molar-refractivity contribution in [2.45, 2.75) is 50.9 Å². The molecule has 0 aliphatic carbocycles. The fourth-order valence-electron chi connectivity index (χ4n) is 4.03. The normalized spacial score (nSPS) is 19.7. The summed E-state index contributed by atoms with van der Waals surface area (Å²) in [4.78, 5) is 2.32. The van der Waals surface area contributed by atoms with E-state index in [1.165, 1.54) is 16.7 Å². The second-order valence-electron chi connectivity index (χ2n) is 8.09. The summed E-state index contributed by atoms with van der Waals surface area (Å²) >= 11 is 0. The summed E-state index contributed by atoms with van der Waals surface area (Å²) in [5, 5.41) is 19.2. The molecule has 2 aromatic carbocycles. The second-order valence-corrected chi connectivity index (χ2v) is 8.09. The molecule has 0 spiro atoms. The first-order valence-corrected chi connectivity index (χ1v) is 11.0. The molecular weight excluding hydrogens is 378 g/mol. The van der Waals surface area contributed by atoms with Gasteiger partial charge in [-0.25, -0.2) is 0 Å². The van der Waals surface area contributed by atoms with Gasteiger partial charge in [-0.1, -0.05) is 36.4 Å². The summed E-state index contributed by atoms with van der Waals surface area (Å²) in [7, 11) is 1.68. The predicted octanol–water partition coefficient (Wildman–Crippen LogP) is 3.87. The van der Waals surface area contributed by atoms with Crippen LogP contribution in [0.2, 0.25) is 0 Å². The van der Waals surface area contributed by atoms with Gasteiger partial charge in [0.15, 0.2) is 0 Å². The highest BCUT2D eigenvalue weighted by Crippen LogP contribution is 2.23. The maximum absolute atomic E-state index is 9.72. The Bertz CT molecular complexity index is 732. The van der Waals surface area contributed by atoms with Crippen molar-refractivity contribution in [3.05, 3.63) is 54.1 Å². The van der Waals surface area contributed by atoms with Crippen LogP contribution in [-0.2, 0) is 11.3 Å². The Morgan fingerprint density at radius 2 is 1.67 bits per heavy atom. The van der Waals surface area contributed by atoms with Crippen LogP contribution in [0.4, 0.5) is 0 Å². The molecule has 1 saturated heterocycles. The van der Waals surface area contributed by atoms with E-state index in [0.717, 1.165) is 51.1 Å². The number of likely N-dealkylation sites (tertiary alicyclic amines) is 1. The lowest BCUT2D eigenvalue weighted by molar-refractivity contribution is 0.0160. The Kier molecular flexibility index (Phi) is 9.15. The van der Waals surface area contributed by atoms with E-state index in [0.29, 0.717) is 13.0 Å². The number of rotatable bonds is 11. The first kappa shape index (κ1) is 22.8. The van der Waals surface area contributed by atoms with Crippen molar-refractivity contribution in [2.75, 3.05) is 33.4 Å². The number of hydrogen-bond donors (Lipinski definition) is 2. The van der Waals surface area contributed by atoms with Gasteiger partial charge in [0.2, 0.25) is 0 Å². The van der Waals surface area contributed by atoms with Crippen molar-refractivity contribution in [1.29, 1.82) is 0 Å². The monoisotopic (exact) mass is 413 g/mol. The third kappa shape index (κ3) is 6.81. The van der Waals surface area contributed by atoms with Gasteiger partial charge in [-0.05, 0) is 67.5 Å². The van der Waals surface area contributed by atoms with Crippen LogP contribution >= 0.6 is 0 Å². The Hall–Kier alpha value is -1.92. The second kappa shape index (κ2) is 12.1. The Balaban J connectivity index is 1.30. The van der Waals surface area contributed by atoms with Gasteiger partial charge in [-0.2, -0.15) is 0 Å². The molecule has 2 N–H and O–H groups in total. The highest BCUT2D eigenvalue weighted by molar-refractivity contribution is 5.64. The van der Waals surface area contributed by atoms with Gasteiger partial charge in [-0.3, -0.25) is 4.90 Å². The molecule has 2 aromatic rings. The molecule has 2 unspecified atom stereocenters. The SMILES string of the molecule is COc1ccc(-c2ccc(COCCCCCN3CCC(O)CC3CO)cc2)cc1. The molecule has 5 nitrogen and oxygen atoms in total. The highest BCUT2D eigenvalue weighted by atomic mass is 16.5. The molecule has 0 radical (unpaired) electrons. The van der Waals surface area contributed by atoms with Crippen molar-refractivity contribution >= 4 is 0 Å². The van der Waals surface area contributed by atoms with Gasteiger partial charge in [0.05, 0.1) is 26.4 Å². The van der Waals surface area contributed by atoms with Gasteiger partial charge >= 0.3 is 0 Å². The summed E-state index contributed by atoms with van der Waals surface area (Å²) in [6.45, 7) is 3.42. The van der Waals surface area contributed by atoms with Crippen LogP contribution < -0.4 is 4.74 Å². The summed E-state index contributed by atoms with van der Waals surface area (Å²) in [6, 6.07) is 16.7. The molecule has 0 saturated carbocycles. The predicted molar refractivity (Wildman–Crippen MR) is 120 cm³/mol. The van der Waals surface area contributed by atoms with Gasteiger partial charge in [0.25, 0.3) is 0 Å². The van der Waals surface area contributed by atoms with E-state index in [2.05, 4.69) is 41.3 Å². The number of hydrogen-bond acceptors (Lipinski definition) is 5. The first-order chi connectivity index (χ1) is 14.7. The fourth-order valence-corrected chi connectivity index (χ4v) is 4.03. The molecule has 1 aliphatic heterocycles. The van der Waals surface area contributed by atoms with Crippen molar-refractivity contribution in [3.63, 3.8) is 0 Å². The van der Waals surface area contributed by atoms with Gasteiger partial charge < -0.3 is 19.7 Å². The summed E-state index contributed by atoms with van der Waals surface area (Å²) in [5.41, 5.74) is 3.55. The topological polar surface area (TPSA) is 62.2 Å². The van der Waals surface area contributed by atoms with Crippen LogP contribution in [0.25, 0.3) is 11.1 Å². The molecule has 0 amide bonds. The summed E-state index contributed by atoms with van der Waals surface area (Å²) in [6.07, 6.45) is 4.52. The molecule has 0 bridgehead atoms. The van der Waals surface area contributed by atoms with Crippen LogP contribution in [-0.4, -0.2) is 60.7 Å². The Labute approximate surface area is 180 Å². The number of nitrogens with zero attached hydrogens (tertiary/aromatic N) is 1. The maximum Gasteiger partial charge on any atom is 0.118 e. The number of methoxy groups -OCH3 is 1. The lowest BCUT2D eigenvalue weighted by atomic mass is 9.99. The molecule has 5 heteroatoms. The largest absolute Gasteiger partial charge is 0.497 e. The smallest absolute Gasteiger partial charge is 0.118 e. The van der Waals surface area contributed by atoms with E-state index in [9.17, 15) is 10.2 Å². The van der Waals surface area contributed by atoms with Crippen molar-refractivity contribution in [3.8, 4) is 16.9 Å². The molecular formula is C25H35NO4. The minimum atomic E-state index is -0.253. The number of benzene rings is 2. The molecule has 30 heavy (non-hydrogen) atoms. The average molecular weight is 414 g/mol. The van der Waals surface area contributed by atoms with Gasteiger partial charge in [0, 0.05) is 19.2 Å². The van der Waals surface area contributed by atoms with Gasteiger partial charge in [-0.15, -0.1) is 0 Å². The first-order valence-electron chi connectivity index (χ1n) is 11.0. The average Bonchev–Trinajstić information content (AvgIpc) is 2.79. The zero-order valence-corrected chi connectivity index (χ0v) is 18.0. The quantitative estimate of drug-likeness (QED) is 0.548. The molecule has 1 fully saturated rings. The van der Waals surface area contributed by atoms with Crippen molar-refractivity contribution in [1.82, 2.24) is 4.90 Å².